The zero-order valence-corrected chi connectivity index (χ0v) is 4.19. The Morgan fingerprint density at radius 2 is 1.88 bits per heavy atom. The van der Waals surface area contributed by atoms with Crippen LogP contribution in [0.3, 0.4) is 0 Å². The predicted molar refractivity (Wildman–Crippen MR) is 24.0 cm³/mol. The number of hydrogen-bond donors (Lipinski definition) is 3. The van der Waals surface area contributed by atoms with Gasteiger partial charge in [0.1, 0.15) is 12.2 Å². The van der Waals surface area contributed by atoms with Crippen molar-refractivity contribution in [1.29, 1.82) is 0 Å². The van der Waals surface area contributed by atoms with E-state index in [4.69, 9.17) is 15.3 Å². The summed E-state index contributed by atoms with van der Waals surface area (Å²) in [6.45, 7) is 0.0162. The van der Waals surface area contributed by atoms with Crippen LogP contribution in [-0.2, 0) is 4.74 Å². The van der Waals surface area contributed by atoms with Crippen molar-refractivity contribution in [3.63, 3.8) is 0 Å². The molecule has 1 saturated heterocycles. The monoisotopic (exact) mass is 120 g/mol. The minimum absolute atomic E-state index is 0.0162. The zero-order chi connectivity index (χ0) is 6.15. The molecule has 0 bridgehead atoms. The maximum absolute atomic E-state index is 8.64. The van der Waals surface area contributed by atoms with Crippen LogP contribution < -0.4 is 0 Å². The first-order valence-corrected chi connectivity index (χ1v) is 2.37. The Morgan fingerprint density at radius 3 is 2.00 bits per heavy atom. The average molecular weight is 120 g/mol. The smallest absolute Gasteiger partial charge is 0.183 e. The van der Waals surface area contributed by atoms with Crippen molar-refractivity contribution in [2.75, 3.05) is 6.61 Å². The van der Waals surface area contributed by atoms with Crippen molar-refractivity contribution < 1.29 is 20.1 Å². The van der Waals surface area contributed by atoms with Crippen molar-refractivity contribution in [1.82, 2.24) is 0 Å². The molecule has 1 heterocycles. The molecule has 8 heavy (non-hydrogen) atoms. The molecule has 0 aromatic rings. The molecule has 48 valence electrons. The standard InChI is InChI=1S/C4H8O4/c5-2-1-8-4(7)3(2)6/h2-7H,1H2/t2-,3+,4?/m1/s1. The molecule has 1 rings (SSSR count). The van der Waals surface area contributed by atoms with Gasteiger partial charge in [-0.15, -0.1) is 0 Å². The highest BCUT2D eigenvalue weighted by atomic mass is 16.6. The first-order chi connectivity index (χ1) is 3.72. The molecule has 0 aromatic heterocycles. The van der Waals surface area contributed by atoms with Gasteiger partial charge in [0.15, 0.2) is 6.29 Å². The summed E-state index contributed by atoms with van der Waals surface area (Å²) in [5.74, 6) is 0. The summed E-state index contributed by atoms with van der Waals surface area (Å²) in [6.07, 6.45) is -3.26. The Kier molecular flexibility index (Phi) is 1.48. The Morgan fingerprint density at radius 1 is 1.25 bits per heavy atom. The Hall–Kier alpha value is -0.160. The van der Waals surface area contributed by atoms with E-state index in [0.717, 1.165) is 0 Å². The van der Waals surface area contributed by atoms with Crippen molar-refractivity contribution in [2.45, 2.75) is 18.5 Å². The normalized spacial score (nSPS) is 47.6. The van der Waals surface area contributed by atoms with E-state index in [-0.39, 0.29) is 6.61 Å². The molecule has 1 aliphatic rings. The maximum Gasteiger partial charge on any atom is 0.183 e. The fourth-order valence-electron chi connectivity index (χ4n) is 0.584. The predicted octanol–water partition coefficient (Wildman–Crippen LogP) is -1.94. The van der Waals surface area contributed by atoms with Crippen LogP contribution >= 0.6 is 0 Å². The molecule has 1 aliphatic heterocycles. The van der Waals surface area contributed by atoms with E-state index >= 15 is 0 Å². The molecule has 0 radical (unpaired) electrons. The molecule has 0 amide bonds. The highest BCUT2D eigenvalue weighted by Crippen LogP contribution is 2.10. The number of rotatable bonds is 0. The van der Waals surface area contributed by atoms with Crippen molar-refractivity contribution in [3.05, 3.63) is 0 Å². The van der Waals surface area contributed by atoms with Gasteiger partial charge in [0.05, 0.1) is 6.61 Å². The summed E-state index contributed by atoms with van der Waals surface area (Å²) in [4.78, 5) is 0. The molecule has 0 spiro atoms. The zero-order valence-electron chi connectivity index (χ0n) is 4.19. The molecule has 1 unspecified atom stereocenters. The summed E-state index contributed by atoms with van der Waals surface area (Å²) in [5.41, 5.74) is 0. The van der Waals surface area contributed by atoms with Gasteiger partial charge >= 0.3 is 0 Å². The number of hydrogen-bond acceptors (Lipinski definition) is 4. The lowest BCUT2D eigenvalue weighted by Gasteiger charge is -2.06. The van der Waals surface area contributed by atoms with Gasteiger partial charge in [-0.2, -0.15) is 0 Å². The van der Waals surface area contributed by atoms with Gasteiger partial charge in [-0.1, -0.05) is 0 Å². The van der Waals surface area contributed by atoms with Gasteiger partial charge < -0.3 is 20.1 Å². The Bertz CT molecular complexity index is 74.1. The van der Waals surface area contributed by atoms with Crippen LogP contribution in [0.15, 0.2) is 0 Å². The molecule has 3 atom stereocenters. The minimum Gasteiger partial charge on any atom is -0.388 e. The van der Waals surface area contributed by atoms with Gasteiger partial charge in [0.2, 0.25) is 0 Å². The van der Waals surface area contributed by atoms with Crippen LogP contribution in [0, 0.1) is 0 Å². The van der Waals surface area contributed by atoms with Gasteiger partial charge in [-0.3, -0.25) is 0 Å². The third-order valence-corrected chi connectivity index (χ3v) is 1.12. The summed E-state index contributed by atoms with van der Waals surface area (Å²) >= 11 is 0. The fraction of sp³-hybridized carbons (Fsp3) is 1.00. The first kappa shape index (κ1) is 5.97. The number of aliphatic hydroxyl groups excluding tert-OH is 3. The average Bonchev–Trinajstić information content (AvgIpc) is 1.98. The Labute approximate surface area is 46.3 Å². The Balaban J connectivity index is 2.44. The van der Waals surface area contributed by atoms with E-state index in [1.54, 1.807) is 0 Å². The van der Waals surface area contributed by atoms with E-state index < -0.39 is 18.5 Å². The van der Waals surface area contributed by atoms with Gasteiger partial charge in [-0.05, 0) is 0 Å². The van der Waals surface area contributed by atoms with E-state index in [1.165, 1.54) is 0 Å². The fourth-order valence-corrected chi connectivity index (χ4v) is 0.584. The largest absolute Gasteiger partial charge is 0.388 e. The lowest BCUT2D eigenvalue weighted by Crippen LogP contribution is -2.29. The minimum atomic E-state index is -1.20. The van der Waals surface area contributed by atoms with E-state index in [9.17, 15) is 0 Å². The molecule has 0 aliphatic carbocycles. The lowest BCUT2D eigenvalue weighted by atomic mass is 10.2. The van der Waals surface area contributed by atoms with Crippen molar-refractivity contribution >= 4 is 0 Å². The van der Waals surface area contributed by atoms with Crippen LogP contribution in [0.2, 0.25) is 0 Å². The SMILES string of the molecule is OC1OC[C@@H](O)[C@@H]1O. The summed E-state index contributed by atoms with van der Waals surface area (Å²) < 4.78 is 4.43. The topological polar surface area (TPSA) is 69.9 Å². The van der Waals surface area contributed by atoms with Crippen LogP contribution in [0.5, 0.6) is 0 Å². The second-order valence-electron chi connectivity index (χ2n) is 1.78. The molecule has 3 N–H and O–H groups in total. The molecule has 1 fully saturated rings. The lowest BCUT2D eigenvalue weighted by molar-refractivity contribution is -0.111. The second-order valence-corrected chi connectivity index (χ2v) is 1.78. The van der Waals surface area contributed by atoms with E-state index in [0.29, 0.717) is 0 Å². The molecule has 4 nitrogen and oxygen atoms in total. The molecule has 4 heteroatoms. The summed E-state index contributed by atoms with van der Waals surface area (Å²) in [7, 11) is 0. The van der Waals surface area contributed by atoms with Crippen LogP contribution in [0.1, 0.15) is 0 Å². The van der Waals surface area contributed by atoms with Crippen LogP contribution in [0.25, 0.3) is 0 Å². The van der Waals surface area contributed by atoms with Crippen molar-refractivity contribution in [3.8, 4) is 0 Å². The number of aliphatic hydroxyl groups is 3. The summed E-state index contributed by atoms with van der Waals surface area (Å²) in [6, 6.07) is 0. The maximum atomic E-state index is 8.64. The number of ether oxygens (including phenoxy) is 1. The van der Waals surface area contributed by atoms with Gasteiger partial charge in [0.25, 0.3) is 0 Å². The van der Waals surface area contributed by atoms with Crippen LogP contribution in [0.4, 0.5) is 0 Å². The molecule has 0 aromatic carbocycles. The summed E-state index contributed by atoms with van der Waals surface area (Å²) in [5, 5.41) is 25.8. The van der Waals surface area contributed by atoms with Gasteiger partial charge in [0, 0.05) is 0 Å². The molecular formula is C4H8O4. The van der Waals surface area contributed by atoms with Crippen molar-refractivity contribution in [2.24, 2.45) is 0 Å². The molecule has 0 saturated carbocycles. The quantitative estimate of drug-likeness (QED) is 0.348. The molecular weight excluding hydrogens is 112 g/mol. The third kappa shape index (κ3) is 0.830. The first-order valence-electron chi connectivity index (χ1n) is 2.37. The highest BCUT2D eigenvalue weighted by molar-refractivity contribution is 4.75. The van der Waals surface area contributed by atoms with E-state index in [2.05, 4.69) is 4.74 Å². The van der Waals surface area contributed by atoms with E-state index in [1.807, 2.05) is 0 Å². The van der Waals surface area contributed by atoms with Crippen LogP contribution in [-0.4, -0.2) is 40.4 Å². The highest BCUT2D eigenvalue weighted by Gasteiger charge is 2.32. The van der Waals surface area contributed by atoms with Gasteiger partial charge in [-0.25, -0.2) is 0 Å². The third-order valence-electron chi connectivity index (χ3n) is 1.12. The second kappa shape index (κ2) is 1.99.